The Labute approximate surface area is 241 Å². The highest BCUT2D eigenvalue weighted by Crippen LogP contribution is 2.35. The molecule has 0 bridgehead atoms. The van der Waals surface area contributed by atoms with Crippen LogP contribution in [0.1, 0.15) is 40.4 Å². The van der Waals surface area contributed by atoms with Crippen molar-refractivity contribution in [2.24, 2.45) is 5.16 Å². The van der Waals surface area contributed by atoms with E-state index in [1.165, 1.54) is 36.1 Å². The zero-order chi connectivity index (χ0) is 28.9. The average molecular weight is 581 g/mol. The largest absolute Gasteiger partial charge is 0.495 e. The number of oxime groups is 1. The molecule has 1 fully saturated rings. The molecule has 2 aliphatic rings. The van der Waals surface area contributed by atoms with Gasteiger partial charge in [0, 0.05) is 41.5 Å². The minimum atomic E-state index is -1.05. The van der Waals surface area contributed by atoms with E-state index in [-0.39, 0.29) is 30.3 Å². The van der Waals surface area contributed by atoms with Gasteiger partial charge in [-0.25, -0.2) is 4.79 Å². The summed E-state index contributed by atoms with van der Waals surface area (Å²) >= 11 is 6.35. The number of aromatic nitrogens is 1. The molecule has 0 amide bonds. The summed E-state index contributed by atoms with van der Waals surface area (Å²) < 4.78 is 18.5. The highest BCUT2D eigenvalue weighted by Gasteiger charge is 2.29. The van der Waals surface area contributed by atoms with Gasteiger partial charge in [0.05, 0.1) is 56.5 Å². The Hall–Kier alpha value is -3.99. The van der Waals surface area contributed by atoms with Crippen molar-refractivity contribution in [1.29, 1.82) is 0 Å². The quantitative estimate of drug-likeness (QED) is 0.379. The standard InChI is InChI=1S/C30H29ClN2O8/c1-38-28-16-33(29(35)15-24(28)23-13-20(31)6-7-22(23)25-8-9-41-32-25)26(14-21-17-39-10-11-40-21)27(34)12-18-2-4-19(5-3-18)30(36)37/h2-7,13,15-16,21,26H,8-12,14,17H2,1H3,(H,36,37). The number of halogens is 1. The smallest absolute Gasteiger partial charge is 0.335 e. The summed E-state index contributed by atoms with van der Waals surface area (Å²) in [6.07, 6.45) is 1.97. The van der Waals surface area contributed by atoms with Gasteiger partial charge in [0.25, 0.3) is 5.56 Å². The van der Waals surface area contributed by atoms with Crippen LogP contribution in [0.2, 0.25) is 5.02 Å². The Balaban J connectivity index is 1.53. The van der Waals surface area contributed by atoms with Gasteiger partial charge in [-0.3, -0.25) is 9.59 Å². The van der Waals surface area contributed by atoms with Crippen LogP contribution in [-0.2, 0) is 25.5 Å². The lowest BCUT2D eigenvalue weighted by molar-refractivity contribution is -0.126. The molecule has 11 heteroatoms. The molecule has 41 heavy (non-hydrogen) atoms. The minimum absolute atomic E-state index is 0.00703. The molecule has 2 atom stereocenters. The number of Topliss-reactive ketones (excluding diaryl/α,β-unsaturated/α-hetero) is 1. The molecule has 1 N–H and O–H groups in total. The molecule has 2 aromatic carbocycles. The second-order valence-electron chi connectivity index (χ2n) is 9.78. The molecule has 0 spiro atoms. The summed E-state index contributed by atoms with van der Waals surface area (Å²) in [6, 6.07) is 12.0. The molecule has 10 nitrogen and oxygen atoms in total. The summed E-state index contributed by atoms with van der Waals surface area (Å²) in [4.78, 5) is 43.8. The van der Waals surface area contributed by atoms with Gasteiger partial charge < -0.3 is 28.7 Å². The van der Waals surface area contributed by atoms with Crippen molar-refractivity contribution in [2.75, 3.05) is 33.5 Å². The Morgan fingerprint density at radius 2 is 1.90 bits per heavy atom. The number of carbonyl (C=O) groups is 2. The van der Waals surface area contributed by atoms with Crippen molar-refractivity contribution in [3.8, 4) is 16.9 Å². The highest BCUT2D eigenvalue weighted by molar-refractivity contribution is 6.31. The number of carboxylic acid groups (broad SMARTS) is 1. The second kappa shape index (κ2) is 12.7. The number of methoxy groups -OCH3 is 1. The summed E-state index contributed by atoms with van der Waals surface area (Å²) in [7, 11) is 1.49. The van der Waals surface area contributed by atoms with Crippen molar-refractivity contribution >= 4 is 29.1 Å². The van der Waals surface area contributed by atoms with Gasteiger partial charge in [-0.05, 0) is 35.4 Å². The maximum Gasteiger partial charge on any atom is 0.335 e. The molecule has 0 aliphatic carbocycles. The van der Waals surface area contributed by atoms with E-state index in [1.807, 2.05) is 6.07 Å². The van der Waals surface area contributed by atoms with Crippen LogP contribution in [0, 0.1) is 0 Å². The zero-order valence-corrected chi connectivity index (χ0v) is 23.1. The molecule has 1 saturated heterocycles. The lowest BCUT2D eigenvalue weighted by Gasteiger charge is -2.28. The summed E-state index contributed by atoms with van der Waals surface area (Å²) in [5.74, 6) is -0.915. The van der Waals surface area contributed by atoms with Gasteiger partial charge in [-0.2, -0.15) is 0 Å². The summed E-state index contributed by atoms with van der Waals surface area (Å²) in [5, 5.41) is 13.8. The van der Waals surface area contributed by atoms with Crippen LogP contribution in [0.4, 0.5) is 0 Å². The van der Waals surface area contributed by atoms with Gasteiger partial charge in [0.2, 0.25) is 0 Å². The highest BCUT2D eigenvalue weighted by atomic mass is 35.5. The number of pyridine rings is 1. The maximum absolute atomic E-state index is 13.7. The van der Waals surface area contributed by atoms with E-state index in [2.05, 4.69) is 5.16 Å². The molecule has 3 aromatic rings. The fraction of sp³-hybridized carbons (Fsp3) is 0.333. The van der Waals surface area contributed by atoms with Crippen LogP contribution in [0.15, 0.2) is 64.7 Å². The molecule has 1 aromatic heterocycles. The van der Waals surface area contributed by atoms with Crippen molar-refractivity contribution in [2.45, 2.75) is 31.4 Å². The van der Waals surface area contributed by atoms with Gasteiger partial charge in [-0.15, -0.1) is 0 Å². The average Bonchev–Trinajstić information content (AvgIpc) is 3.51. The van der Waals surface area contributed by atoms with Gasteiger partial charge >= 0.3 is 5.97 Å². The molecule has 2 unspecified atom stereocenters. The second-order valence-corrected chi connectivity index (χ2v) is 10.2. The normalized spacial score (nSPS) is 17.4. The fourth-order valence-electron chi connectivity index (χ4n) is 5.04. The van der Waals surface area contributed by atoms with Crippen molar-refractivity contribution in [3.63, 3.8) is 0 Å². The van der Waals surface area contributed by atoms with E-state index < -0.39 is 17.6 Å². The number of nitrogens with zero attached hydrogens (tertiary/aromatic N) is 2. The molecule has 0 radical (unpaired) electrons. The third-order valence-electron chi connectivity index (χ3n) is 7.11. The van der Waals surface area contributed by atoms with E-state index in [4.69, 9.17) is 30.6 Å². The summed E-state index contributed by atoms with van der Waals surface area (Å²) in [6.45, 7) is 1.62. The minimum Gasteiger partial charge on any atom is -0.495 e. The third-order valence-corrected chi connectivity index (χ3v) is 7.34. The first-order valence-electron chi connectivity index (χ1n) is 13.2. The first kappa shape index (κ1) is 28.5. The van der Waals surface area contributed by atoms with Crippen molar-refractivity contribution < 1.29 is 33.7 Å². The van der Waals surface area contributed by atoms with Crippen LogP contribution < -0.4 is 10.3 Å². The SMILES string of the molecule is COc1cn(C(CC2COCCO2)C(=O)Cc2ccc(C(=O)O)cc2)c(=O)cc1-c1cc(Cl)ccc1C1=NOCC1. The third kappa shape index (κ3) is 6.51. The number of hydrogen-bond donors (Lipinski definition) is 1. The van der Waals surface area contributed by atoms with E-state index in [9.17, 15) is 19.5 Å². The number of carboxylic acids is 1. The van der Waals surface area contributed by atoms with Gasteiger partial charge in [0.15, 0.2) is 5.78 Å². The van der Waals surface area contributed by atoms with Crippen molar-refractivity contribution in [3.05, 3.63) is 86.8 Å². The lowest BCUT2D eigenvalue weighted by atomic mass is 9.94. The zero-order valence-electron chi connectivity index (χ0n) is 22.4. The van der Waals surface area contributed by atoms with Crippen LogP contribution in [0.3, 0.4) is 0 Å². The Morgan fingerprint density at radius 3 is 2.56 bits per heavy atom. The molecule has 214 valence electrons. The molecular formula is C30H29ClN2O8. The number of hydrogen-bond acceptors (Lipinski definition) is 8. The monoisotopic (exact) mass is 580 g/mol. The molecule has 5 rings (SSSR count). The van der Waals surface area contributed by atoms with Gasteiger partial charge in [0.1, 0.15) is 12.4 Å². The Bertz CT molecular complexity index is 1530. The number of ether oxygens (including phenoxy) is 3. The number of benzene rings is 2. The van der Waals surface area contributed by atoms with E-state index in [0.717, 1.165) is 11.3 Å². The number of ketones is 1. The van der Waals surface area contributed by atoms with E-state index in [1.54, 1.807) is 24.3 Å². The topological polar surface area (TPSA) is 126 Å². The predicted octanol–water partition coefficient (Wildman–Crippen LogP) is 4.16. The van der Waals surface area contributed by atoms with Crippen molar-refractivity contribution in [1.82, 2.24) is 4.57 Å². The lowest BCUT2D eigenvalue weighted by Crippen LogP contribution is -2.37. The number of rotatable bonds is 10. The first-order chi connectivity index (χ1) is 19.8. The van der Waals surface area contributed by atoms with Crippen LogP contribution >= 0.6 is 11.6 Å². The number of aromatic carboxylic acids is 1. The Kier molecular flexibility index (Phi) is 8.82. The van der Waals surface area contributed by atoms with Crippen LogP contribution in [0.5, 0.6) is 5.75 Å². The molecule has 3 heterocycles. The summed E-state index contributed by atoms with van der Waals surface area (Å²) in [5.41, 5.74) is 3.02. The van der Waals surface area contributed by atoms with Crippen LogP contribution in [0.25, 0.3) is 11.1 Å². The fourth-order valence-corrected chi connectivity index (χ4v) is 5.21. The Morgan fingerprint density at radius 1 is 1.10 bits per heavy atom. The molecule has 0 saturated carbocycles. The van der Waals surface area contributed by atoms with Crippen LogP contribution in [-0.4, -0.2) is 66.8 Å². The van der Waals surface area contributed by atoms with E-state index in [0.29, 0.717) is 60.3 Å². The maximum atomic E-state index is 13.7. The van der Waals surface area contributed by atoms with E-state index >= 15 is 0 Å². The molecular weight excluding hydrogens is 552 g/mol. The number of carbonyl (C=O) groups excluding carboxylic acids is 1. The predicted molar refractivity (Wildman–Crippen MR) is 151 cm³/mol. The van der Waals surface area contributed by atoms with Gasteiger partial charge in [-0.1, -0.05) is 35.0 Å². The molecule has 2 aliphatic heterocycles. The first-order valence-corrected chi connectivity index (χ1v) is 13.6.